The maximum absolute atomic E-state index is 11.8. The predicted octanol–water partition coefficient (Wildman–Crippen LogP) is 4.65. The Bertz CT molecular complexity index is 830. The van der Waals surface area contributed by atoms with E-state index in [1.165, 1.54) is 11.1 Å². The van der Waals surface area contributed by atoms with Crippen LogP contribution in [0.1, 0.15) is 38.3 Å². The van der Waals surface area contributed by atoms with Gasteiger partial charge in [0.1, 0.15) is 24.7 Å². The quantitative estimate of drug-likeness (QED) is 0.182. The van der Waals surface area contributed by atoms with Crippen LogP contribution in [0.2, 0.25) is 0 Å². The Kier molecular flexibility index (Phi) is 13.3. The Hall–Kier alpha value is -1.87. The molecule has 6 nitrogen and oxygen atoms in total. The monoisotopic (exact) mass is 506 g/mol. The van der Waals surface area contributed by atoms with Crippen LogP contribution in [0.3, 0.4) is 0 Å². The minimum Gasteiger partial charge on any atom is -0.494 e. The molecule has 0 amide bonds. The first-order valence-corrected chi connectivity index (χ1v) is 14.2. The van der Waals surface area contributed by atoms with Gasteiger partial charge in [0, 0.05) is 36.6 Å². The summed E-state index contributed by atoms with van der Waals surface area (Å²) in [5.41, 5.74) is 7.71. The molecule has 0 radical (unpaired) electrons. The van der Waals surface area contributed by atoms with Crippen LogP contribution >= 0.6 is 21.6 Å². The summed E-state index contributed by atoms with van der Waals surface area (Å²) in [6, 6.07) is 16.3. The molecule has 0 fully saturated rings. The van der Waals surface area contributed by atoms with E-state index in [4.69, 9.17) is 19.9 Å². The van der Waals surface area contributed by atoms with E-state index in [0.717, 1.165) is 29.5 Å². The normalized spacial score (nSPS) is 11.3. The Morgan fingerprint density at radius 3 is 2.06 bits per heavy atom. The molecule has 0 aliphatic carbocycles. The van der Waals surface area contributed by atoms with Gasteiger partial charge in [-0.3, -0.25) is 4.79 Å². The van der Waals surface area contributed by atoms with Crippen LogP contribution in [-0.4, -0.2) is 56.9 Å². The highest BCUT2D eigenvalue weighted by Gasteiger charge is 2.23. The average Bonchev–Trinajstić information content (AvgIpc) is 2.84. The number of hydrogen-bond donors (Lipinski definition) is 2. The van der Waals surface area contributed by atoms with Crippen LogP contribution in [-0.2, 0) is 14.9 Å². The second-order valence-corrected chi connectivity index (χ2v) is 10.8. The first-order valence-electron chi connectivity index (χ1n) is 11.7. The lowest BCUT2D eigenvalue weighted by Gasteiger charge is -2.26. The van der Waals surface area contributed by atoms with E-state index in [1.807, 2.05) is 31.2 Å². The fourth-order valence-electron chi connectivity index (χ4n) is 3.25. The summed E-state index contributed by atoms with van der Waals surface area (Å²) >= 11 is 0. The summed E-state index contributed by atoms with van der Waals surface area (Å²) < 4.78 is 16.5. The van der Waals surface area contributed by atoms with Crippen LogP contribution in [0, 0.1) is 0 Å². The summed E-state index contributed by atoms with van der Waals surface area (Å²) in [5.74, 6) is 3.38. The molecule has 8 heteroatoms. The van der Waals surface area contributed by atoms with Gasteiger partial charge in [0.05, 0.1) is 13.0 Å². The zero-order chi connectivity index (χ0) is 24.7. The van der Waals surface area contributed by atoms with Crippen LogP contribution in [0.15, 0.2) is 48.5 Å². The molecule has 3 N–H and O–H groups in total. The number of hydrogen-bond acceptors (Lipinski definition) is 8. The van der Waals surface area contributed by atoms with E-state index in [0.29, 0.717) is 32.7 Å². The SMILES string of the molecule is CCOc1ccc(C(C)(C)c2ccc(OCCOC(=O)CCNCCSSCCN)cc2)cc1. The van der Waals surface area contributed by atoms with Crippen molar-refractivity contribution in [3.63, 3.8) is 0 Å². The van der Waals surface area contributed by atoms with Crippen molar-refractivity contribution in [2.24, 2.45) is 5.73 Å². The Morgan fingerprint density at radius 2 is 1.47 bits per heavy atom. The molecule has 0 atom stereocenters. The van der Waals surface area contributed by atoms with Crippen molar-refractivity contribution < 1.29 is 19.0 Å². The Balaban J connectivity index is 1.65. The highest BCUT2D eigenvalue weighted by molar-refractivity contribution is 8.76. The number of nitrogens with one attached hydrogen (secondary N) is 1. The first kappa shape index (κ1) is 28.4. The molecule has 2 aromatic carbocycles. The lowest BCUT2D eigenvalue weighted by Crippen LogP contribution is -2.22. The number of ether oxygens (including phenoxy) is 3. The predicted molar refractivity (Wildman–Crippen MR) is 144 cm³/mol. The number of esters is 1. The van der Waals surface area contributed by atoms with Gasteiger partial charge < -0.3 is 25.3 Å². The summed E-state index contributed by atoms with van der Waals surface area (Å²) in [5, 5.41) is 3.24. The highest BCUT2D eigenvalue weighted by Crippen LogP contribution is 2.33. The Labute approximate surface area is 212 Å². The molecule has 0 aliphatic heterocycles. The van der Waals surface area contributed by atoms with E-state index < -0.39 is 0 Å². The molecular weight excluding hydrogens is 468 g/mol. The summed E-state index contributed by atoms with van der Waals surface area (Å²) in [7, 11) is 3.56. The van der Waals surface area contributed by atoms with E-state index in [9.17, 15) is 4.79 Å². The van der Waals surface area contributed by atoms with Crippen LogP contribution < -0.4 is 20.5 Å². The largest absolute Gasteiger partial charge is 0.494 e. The third kappa shape index (κ3) is 10.2. The number of nitrogens with two attached hydrogens (primary N) is 1. The van der Waals surface area contributed by atoms with Gasteiger partial charge in [0.25, 0.3) is 0 Å². The molecule has 0 saturated heterocycles. The van der Waals surface area contributed by atoms with Gasteiger partial charge in [-0.2, -0.15) is 0 Å². The van der Waals surface area contributed by atoms with Crippen molar-refractivity contribution in [2.75, 3.05) is 51.0 Å². The van der Waals surface area contributed by atoms with Gasteiger partial charge in [-0.05, 0) is 42.3 Å². The molecule has 34 heavy (non-hydrogen) atoms. The molecule has 0 saturated carbocycles. The third-order valence-electron chi connectivity index (χ3n) is 5.23. The molecule has 0 unspecified atom stereocenters. The van der Waals surface area contributed by atoms with Crippen molar-refractivity contribution in [1.82, 2.24) is 5.32 Å². The molecule has 0 spiro atoms. The smallest absolute Gasteiger partial charge is 0.307 e. The highest BCUT2D eigenvalue weighted by atomic mass is 33.1. The number of carbonyl (C=O) groups is 1. The van der Waals surface area contributed by atoms with Gasteiger partial charge in [0.15, 0.2) is 0 Å². The van der Waals surface area contributed by atoms with Gasteiger partial charge in [-0.1, -0.05) is 59.7 Å². The van der Waals surface area contributed by atoms with Gasteiger partial charge >= 0.3 is 5.97 Å². The number of rotatable bonds is 17. The average molecular weight is 507 g/mol. The molecule has 2 rings (SSSR count). The van der Waals surface area contributed by atoms with E-state index in [2.05, 4.69) is 43.4 Å². The lowest BCUT2D eigenvalue weighted by atomic mass is 9.78. The van der Waals surface area contributed by atoms with Crippen molar-refractivity contribution >= 4 is 27.6 Å². The van der Waals surface area contributed by atoms with Crippen LogP contribution in [0.5, 0.6) is 11.5 Å². The minimum atomic E-state index is -0.214. The topological polar surface area (TPSA) is 82.8 Å². The van der Waals surface area contributed by atoms with Crippen LogP contribution in [0.4, 0.5) is 0 Å². The summed E-state index contributed by atoms with van der Waals surface area (Å²) in [6.07, 6.45) is 0.357. The fraction of sp³-hybridized carbons (Fsp3) is 0.500. The zero-order valence-corrected chi connectivity index (χ0v) is 22.1. The van der Waals surface area contributed by atoms with Crippen molar-refractivity contribution in [2.45, 2.75) is 32.6 Å². The van der Waals surface area contributed by atoms with E-state index >= 15 is 0 Å². The fourth-order valence-corrected chi connectivity index (χ4v) is 5.06. The van der Waals surface area contributed by atoms with E-state index in [-0.39, 0.29) is 18.0 Å². The molecule has 188 valence electrons. The Morgan fingerprint density at radius 1 is 0.882 bits per heavy atom. The standard InChI is InChI=1S/C26H38N2O4S2/c1-4-30-23-9-5-21(6-10-23)26(2,3)22-7-11-24(12-8-22)31-17-18-32-25(29)13-15-28-16-20-34-33-19-14-27/h5-12,28H,4,13-20,27H2,1-3H3. The molecular formula is C26H38N2O4S2. The maximum Gasteiger partial charge on any atom is 0.307 e. The first-order chi connectivity index (χ1) is 16.5. The maximum atomic E-state index is 11.8. The van der Waals surface area contributed by atoms with E-state index in [1.54, 1.807) is 21.6 Å². The summed E-state index contributed by atoms with van der Waals surface area (Å²) in [4.78, 5) is 11.8. The minimum absolute atomic E-state index is 0.144. The molecule has 0 heterocycles. The van der Waals surface area contributed by atoms with Gasteiger partial charge in [-0.25, -0.2) is 0 Å². The zero-order valence-electron chi connectivity index (χ0n) is 20.5. The summed E-state index contributed by atoms with van der Waals surface area (Å²) in [6.45, 7) is 9.80. The molecule has 0 aliphatic rings. The lowest BCUT2D eigenvalue weighted by molar-refractivity contribution is -0.144. The molecule has 2 aromatic rings. The van der Waals surface area contributed by atoms with Gasteiger partial charge in [0.2, 0.25) is 0 Å². The molecule has 0 aromatic heterocycles. The number of carbonyl (C=O) groups excluding carboxylic acids is 1. The second kappa shape index (κ2) is 15.9. The van der Waals surface area contributed by atoms with Gasteiger partial charge in [-0.15, -0.1) is 0 Å². The van der Waals surface area contributed by atoms with Crippen LogP contribution in [0.25, 0.3) is 0 Å². The number of benzene rings is 2. The van der Waals surface area contributed by atoms with Crippen molar-refractivity contribution in [3.8, 4) is 11.5 Å². The van der Waals surface area contributed by atoms with Crippen molar-refractivity contribution in [3.05, 3.63) is 59.7 Å². The van der Waals surface area contributed by atoms with Crippen molar-refractivity contribution in [1.29, 1.82) is 0 Å². The third-order valence-corrected chi connectivity index (χ3v) is 7.67. The molecule has 0 bridgehead atoms. The second-order valence-electron chi connectivity index (χ2n) is 8.11.